The van der Waals surface area contributed by atoms with E-state index >= 15 is 0 Å². The van der Waals surface area contributed by atoms with Gasteiger partial charge in [0.2, 0.25) is 0 Å². The Bertz CT molecular complexity index is 349. The minimum absolute atomic E-state index is 0.702. The summed E-state index contributed by atoms with van der Waals surface area (Å²) in [4.78, 5) is 0. The zero-order valence-electron chi connectivity index (χ0n) is 8.95. The number of hydrogen-bond acceptors (Lipinski definition) is 1. The Balaban J connectivity index is 1.94. The van der Waals surface area contributed by atoms with Crippen LogP contribution in [0.2, 0.25) is 0 Å². The first-order chi connectivity index (χ1) is 7.40. The monoisotopic (exact) mass is 268 g/mol. The van der Waals surface area contributed by atoms with Gasteiger partial charge in [-0.15, -0.1) is 0 Å². The van der Waals surface area contributed by atoms with Crippen molar-refractivity contribution in [1.29, 1.82) is 0 Å². The molecule has 2 aliphatic rings. The van der Waals surface area contributed by atoms with E-state index in [-0.39, 0.29) is 0 Å². The van der Waals surface area contributed by atoms with E-state index in [2.05, 4.69) is 31.9 Å². The number of rotatable bonds is 3. The number of hydrogen-bond donors (Lipinski definition) is 0. The van der Waals surface area contributed by atoms with Crippen molar-refractivity contribution < 1.29 is 0 Å². The maximum absolute atomic E-state index is 4.62. The molecule has 1 aromatic heterocycles. The highest BCUT2D eigenvalue weighted by atomic mass is 79.9. The second-order valence-corrected chi connectivity index (χ2v) is 5.41. The summed E-state index contributed by atoms with van der Waals surface area (Å²) in [5.41, 5.74) is 2.96. The largest absolute Gasteiger partial charge is 0.266 e. The van der Waals surface area contributed by atoms with Gasteiger partial charge in [0.1, 0.15) is 0 Å². The highest BCUT2D eigenvalue weighted by Crippen LogP contribution is 2.44. The Hall–Kier alpha value is -0.310. The van der Waals surface area contributed by atoms with Gasteiger partial charge < -0.3 is 0 Å². The minimum atomic E-state index is 0.702. The van der Waals surface area contributed by atoms with Crippen LogP contribution < -0.4 is 0 Å². The molecule has 2 nitrogen and oxygen atoms in total. The molecule has 0 radical (unpaired) electrons. The highest BCUT2D eigenvalue weighted by molar-refractivity contribution is 9.08. The van der Waals surface area contributed by atoms with Gasteiger partial charge in [0.15, 0.2) is 0 Å². The molecule has 3 heteroatoms. The van der Waals surface area contributed by atoms with E-state index in [1.165, 1.54) is 44.1 Å². The van der Waals surface area contributed by atoms with Gasteiger partial charge in [0, 0.05) is 22.5 Å². The first-order valence-corrected chi connectivity index (χ1v) is 7.14. The van der Waals surface area contributed by atoms with Crippen LogP contribution in [0.1, 0.15) is 61.7 Å². The van der Waals surface area contributed by atoms with Crippen LogP contribution in [0.25, 0.3) is 0 Å². The molecular formula is C12H17BrN2. The Morgan fingerprint density at radius 1 is 1.27 bits per heavy atom. The normalized spacial score (nSPS) is 22.5. The Morgan fingerprint density at radius 3 is 2.60 bits per heavy atom. The van der Waals surface area contributed by atoms with E-state index in [1.54, 1.807) is 5.69 Å². The van der Waals surface area contributed by atoms with E-state index in [1.807, 2.05) is 0 Å². The van der Waals surface area contributed by atoms with Crippen LogP contribution in [-0.2, 0) is 5.33 Å². The molecule has 1 aromatic rings. The van der Waals surface area contributed by atoms with E-state index in [4.69, 9.17) is 0 Å². The quantitative estimate of drug-likeness (QED) is 0.764. The van der Waals surface area contributed by atoms with Crippen molar-refractivity contribution in [3.05, 3.63) is 17.5 Å². The third kappa shape index (κ3) is 1.75. The zero-order chi connectivity index (χ0) is 10.3. The molecule has 3 rings (SSSR count). The van der Waals surface area contributed by atoms with Crippen LogP contribution in [0.4, 0.5) is 0 Å². The van der Waals surface area contributed by atoms with Crippen molar-refractivity contribution in [2.45, 2.75) is 55.8 Å². The summed E-state index contributed by atoms with van der Waals surface area (Å²) in [5, 5.41) is 5.58. The van der Waals surface area contributed by atoms with Crippen molar-refractivity contribution in [3.63, 3.8) is 0 Å². The number of halogens is 1. The molecule has 2 fully saturated rings. The lowest BCUT2D eigenvalue weighted by Gasteiger charge is -2.14. The lowest BCUT2D eigenvalue weighted by molar-refractivity contribution is 0.449. The predicted molar refractivity (Wildman–Crippen MR) is 64.3 cm³/mol. The molecule has 0 saturated heterocycles. The molecule has 0 atom stereocenters. The number of alkyl halides is 1. The van der Waals surface area contributed by atoms with Crippen LogP contribution in [0.15, 0.2) is 6.20 Å². The van der Waals surface area contributed by atoms with Gasteiger partial charge in [-0.1, -0.05) is 28.8 Å². The van der Waals surface area contributed by atoms with Crippen molar-refractivity contribution in [3.8, 4) is 0 Å². The van der Waals surface area contributed by atoms with Gasteiger partial charge in [-0.25, -0.2) is 0 Å². The summed E-state index contributed by atoms with van der Waals surface area (Å²) < 4.78 is 2.35. The maximum atomic E-state index is 4.62. The van der Waals surface area contributed by atoms with Gasteiger partial charge in [-0.3, -0.25) is 4.68 Å². The summed E-state index contributed by atoms with van der Waals surface area (Å²) in [6, 6.07) is 0.702. The minimum Gasteiger partial charge on any atom is -0.266 e. The van der Waals surface area contributed by atoms with Gasteiger partial charge in [0.05, 0.1) is 12.2 Å². The van der Waals surface area contributed by atoms with Gasteiger partial charge in [0.25, 0.3) is 0 Å². The Kier molecular flexibility index (Phi) is 2.59. The molecule has 0 amide bonds. The molecule has 2 saturated carbocycles. The average Bonchev–Trinajstić information content (AvgIpc) is 2.83. The maximum Gasteiger partial charge on any atom is 0.0533 e. The Labute approximate surface area is 99.2 Å². The molecule has 1 heterocycles. The molecule has 2 aliphatic carbocycles. The van der Waals surface area contributed by atoms with E-state index in [0.717, 1.165) is 11.2 Å². The van der Waals surface area contributed by atoms with Crippen molar-refractivity contribution >= 4 is 15.9 Å². The van der Waals surface area contributed by atoms with Crippen molar-refractivity contribution in [2.24, 2.45) is 0 Å². The topological polar surface area (TPSA) is 17.8 Å². The van der Waals surface area contributed by atoms with Gasteiger partial charge >= 0.3 is 0 Å². The molecule has 0 bridgehead atoms. The third-order valence-corrected chi connectivity index (χ3v) is 4.30. The number of nitrogens with zero attached hydrogens (tertiary/aromatic N) is 2. The first-order valence-electron chi connectivity index (χ1n) is 6.02. The van der Waals surface area contributed by atoms with Crippen LogP contribution in [0.3, 0.4) is 0 Å². The van der Waals surface area contributed by atoms with E-state index in [9.17, 15) is 0 Å². The highest BCUT2D eigenvalue weighted by Gasteiger charge is 2.32. The summed E-state index contributed by atoms with van der Waals surface area (Å²) in [5.74, 6) is 0.820. The molecule has 15 heavy (non-hydrogen) atoms. The molecule has 82 valence electrons. The fraction of sp³-hybridized carbons (Fsp3) is 0.750. The zero-order valence-corrected chi connectivity index (χ0v) is 10.5. The van der Waals surface area contributed by atoms with Gasteiger partial charge in [-0.2, -0.15) is 5.10 Å². The fourth-order valence-corrected chi connectivity index (χ4v) is 3.19. The standard InChI is InChI=1S/C12H17BrN2/c13-7-10-8-14-15(11-3-1-2-4-11)12(10)9-5-6-9/h8-9,11H,1-7H2. The molecule has 0 aromatic carbocycles. The SMILES string of the molecule is BrCc1cnn(C2CCCC2)c1C1CC1. The average molecular weight is 269 g/mol. The second kappa shape index (κ2) is 3.93. The molecule has 0 N–H and O–H groups in total. The molecule has 0 unspecified atom stereocenters. The lowest BCUT2D eigenvalue weighted by Crippen LogP contribution is -2.10. The summed E-state index contributed by atoms with van der Waals surface area (Å²) in [6.45, 7) is 0. The number of aromatic nitrogens is 2. The third-order valence-electron chi connectivity index (χ3n) is 3.69. The van der Waals surface area contributed by atoms with Crippen LogP contribution in [-0.4, -0.2) is 9.78 Å². The Morgan fingerprint density at radius 2 is 2.00 bits per heavy atom. The summed E-state index contributed by atoms with van der Waals surface area (Å²) in [6.07, 6.45) is 10.3. The van der Waals surface area contributed by atoms with Crippen LogP contribution >= 0.6 is 15.9 Å². The van der Waals surface area contributed by atoms with E-state index < -0.39 is 0 Å². The summed E-state index contributed by atoms with van der Waals surface area (Å²) in [7, 11) is 0. The lowest BCUT2D eigenvalue weighted by atomic mass is 10.1. The van der Waals surface area contributed by atoms with Crippen molar-refractivity contribution in [1.82, 2.24) is 9.78 Å². The van der Waals surface area contributed by atoms with Crippen LogP contribution in [0, 0.1) is 0 Å². The molecule has 0 aliphatic heterocycles. The van der Waals surface area contributed by atoms with E-state index in [0.29, 0.717) is 6.04 Å². The predicted octanol–water partition coefficient (Wildman–Crippen LogP) is 3.77. The van der Waals surface area contributed by atoms with Crippen LogP contribution in [0.5, 0.6) is 0 Å². The van der Waals surface area contributed by atoms with Crippen molar-refractivity contribution in [2.75, 3.05) is 0 Å². The first kappa shape index (κ1) is 9.88. The fourth-order valence-electron chi connectivity index (χ4n) is 2.76. The smallest absolute Gasteiger partial charge is 0.0533 e. The molecular weight excluding hydrogens is 252 g/mol. The second-order valence-electron chi connectivity index (χ2n) is 4.85. The summed E-state index contributed by atoms with van der Waals surface area (Å²) >= 11 is 3.57. The van der Waals surface area contributed by atoms with Gasteiger partial charge in [-0.05, 0) is 25.7 Å². The molecule has 0 spiro atoms.